The van der Waals surface area contributed by atoms with Crippen LogP contribution in [0.5, 0.6) is 11.5 Å². The first-order valence-corrected chi connectivity index (χ1v) is 25.4. The Morgan fingerprint density at radius 1 is 0.750 bits per heavy atom. The number of carbonyl (C=O) groups excluding carboxylic acids is 5. The van der Waals surface area contributed by atoms with Crippen LogP contribution in [-0.4, -0.2) is 140 Å². The molecule has 17 nitrogen and oxygen atoms in total. The standard InChI is InChI=1S/C53H75ClFN7O10/c1-8-68-45-18-12-16-42(55)41(45)35-61-29-31-62(32-30-61)48(64)46(59-50(66)70-36-37-14-10-9-11-15-37)38-21-26-60(27-22-38)28-23-39-34-40(54)19-20-44(39)69-33-25-56-47(63)43(58-51(67)72-53(5,6)7)17-13-24-57-49(65)71-52(2,3)4/h9-12,14-16,18-20,34,38,43,46H,8,13,17,21-33,35-36H2,1-7H3,(H,56,63)(H,57,65)(H,58,67)(H,59,66)/t43-,46+/m0/s1. The Morgan fingerprint density at radius 3 is 2.12 bits per heavy atom. The number of hydrogen-bond acceptors (Lipinski definition) is 12. The topological polar surface area (TPSA) is 189 Å². The van der Waals surface area contributed by atoms with Gasteiger partial charge in [0.25, 0.3) is 0 Å². The van der Waals surface area contributed by atoms with Gasteiger partial charge < -0.3 is 54.8 Å². The molecule has 19 heteroatoms. The van der Waals surface area contributed by atoms with Crippen LogP contribution in [0.25, 0.3) is 0 Å². The van der Waals surface area contributed by atoms with Crippen molar-refractivity contribution < 1.29 is 52.0 Å². The number of ether oxygens (including phenoxy) is 5. The Bertz CT molecular complexity index is 2230. The molecule has 0 aliphatic carbocycles. The maximum absolute atomic E-state index is 14.9. The third kappa shape index (κ3) is 19.6. The molecule has 5 amide bonds. The summed E-state index contributed by atoms with van der Waals surface area (Å²) < 4.78 is 43.0. The van der Waals surface area contributed by atoms with Crippen molar-refractivity contribution >= 4 is 41.7 Å². The van der Waals surface area contributed by atoms with Gasteiger partial charge in [-0.1, -0.05) is 48.0 Å². The van der Waals surface area contributed by atoms with Crippen molar-refractivity contribution in [1.82, 2.24) is 36.0 Å². The molecule has 2 atom stereocenters. The van der Waals surface area contributed by atoms with E-state index < -0.39 is 47.5 Å². The van der Waals surface area contributed by atoms with E-state index in [4.69, 9.17) is 35.3 Å². The molecule has 4 N–H and O–H groups in total. The maximum atomic E-state index is 14.9. The number of rotatable bonds is 22. The van der Waals surface area contributed by atoms with E-state index in [1.165, 1.54) is 6.07 Å². The van der Waals surface area contributed by atoms with Crippen molar-refractivity contribution in [3.8, 4) is 11.5 Å². The first-order valence-electron chi connectivity index (χ1n) is 25.0. The lowest BCUT2D eigenvalue weighted by Gasteiger charge is -2.40. The van der Waals surface area contributed by atoms with Gasteiger partial charge in [-0.3, -0.25) is 14.5 Å². The Hall–Kier alpha value is -5.85. The molecule has 2 saturated heterocycles. The number of piperazine rings is 1. The van der Waals surface area contributed by atoms with Crippen molar-refractivity contribution in [2.24, 2.45) is 5.92 Å². The zero-order chi connectivity index (χ0) is 52.3. The number of nitrogens with zero attached hydrogens (tertiary/aromatic N) is 3. The summed E-state index contributed by atoms with van der Waals surface area (Å²) in [6.07, 6.45) is 0.569. The van der Waals surface area contributed by atoms with Crippen molar-refractivity contribution in [2.45, 2.75) is 117 Å². The first-order chi connectivity index (χ1) is 34.3. The van der Waals surface area contributed by atoms with Gasteiger partial charge in [-0.05, 0) is 141 Å². The number of likely N-dealkylation sites (tertiary alicyclic amines) is 1. The minimum Gasteiger partial charge on any atom is -0.493 e. The summed E-state index contributed by atoms with van der Waals surface area (Å²) in [6.45, 7) is 17.7. The van der Waals surface area contributed by atoms with Crippen molar-refractivity contribution in [1.29, 1.82) is 0 Å². The van der Waals surface area contributed by atoms with E-state index in [0.717, 1.165) is 11.1 Å². The van der Waals surface area contributed by atoms with Gasteiger partial charge in [0.15, 0.2) is 0 Å². The summed E-state index contributed by atoms with van der Waals surface area (Å²) in [5.41, 5.74) is 0.788. The molecule has 0 saturated carbocycles. The second kappa shape index (κ2) is 27.8. The van der Waals surface area contributed by atoms with E-state index >= 15 is 0 Å². The Balaban J connectivity index is 1.13. The summed E-state index contributed by atoms with van der Waals surface area (Å²) in [5.74, 6) is 0.0734. The minimum absolute atomic E-state index is 0.0696. The first kappa shape index (κ1) is 57.1. The van der Waals surface area contributed by atoms with Gasteiger partial charge in [0.2, 0.25) is 11.8 Å². The molecule has 2 aliphatic rings. The van der Waals surface area contributed by atoms with Crippen molar-refractivity contribution in [3.05, 3.63) is 94.3 Å². The molecule has 3 aromatic carbocycles. The van der Waals surface area contributed by atoms with Crippen molar-refractivity contribution in [3.63, 3.8) is 0 Å². The fraction of sp³-hybridized carbons (Fsp3) is 0.566. The predicted molar refractivity (Wildman–Crippen MR) is 272 cm³/mol. The summed E-state index contributed by atoms with van der Waals surface area (Å²) >= 11 is 6.47. The highest BCUT2D eigenvalue weighted by molar-refractivity contribution is 6.30. The summed E-state index contributed by atoms with van der Waals surface area (Å²) in [7, 11) is 0. The van der Waals surface area contributed by atoms with E-state index in [1.54, 1.807) is 70.7 Å². The number of alkyl carbamates (subject to hydrolysis) is 3. The van der Waals surface area contributed by atoms with E-state index in [0.29, 0.717) is 107 Å². The number of halogens is 2. The van der Waals surface area contributed by atoms with Crippen LogP contribution in [0.15, 0.2) is 66.7 Å². The quantitative estimate of drug-likeness (QED) is 0.0575. The van der Waals surface area contributed by atoms with E-state index in [-0.39, 0.29) is 50.4 Å². The van der Waals surface area contributed by atoms with Crippen LogP contribution < -0.4 is 30.7 Å². The van der Waals surface area contributed by atoms with Gasteiger partial charge >= 0.3 is 18.3 Å². The summed E-state index contributed by atoms with van der Waals surface area (Å²) in [5, 5.41) is 11.7. The van der Waals surface area contributed by atoms with E-state index in [2.05, 4.69) is 31.1 Å². The highest BCUT2D eigenvalue weighted by Gasteiger charge is 2.37. The molecule has 0 radical (unpaired) electrons. The number of nitrogens with one attached hydrogen (secondary N) is 4. The monoisotopic (exact) mass is 1020 g/mol. The molecule has 0 unspecified atom stereocenters. The molecule has 5 rings (SSSR count). The Labute approximate surface area is 429 Å². The number of piperidine rings is 1. The van der Waals surface area contributed by atoms with E-state index in [9.17, 15) is 28.4 Å². The largest absolute Gasteiger partial charge is 0.493 e. The predicted octanol–water partition coefficient (Wildman–Crippen LogP) is 7.46. The average Bonchev–Trinajstić information content (AvgIpc) is 3.32. The number of amides is 5. The number of hydrogen-bond donors (Lipinski definition) is 4. The van der Waals surface area contributed by atoms with Gasteiger partial charge in [0.1, 0.15) is 53.8 Å². The lowest BCUT2D eigenvalue weighted by atomic mass is 9.88. The Morgan fingerprint density at radius 2 is 1.44 bits per heavy atom. The minimum atomic E-state index is -0.933. The molecule has 396 valence electrons. The van der Waals surface area contributed by atoms with Crippen LogP contribution in [0.1, 0.15) is 90.8 Å². The molecule has 2 heterocycles. The second-order valence-electron chi connectivity index (χ2n) is 20.0. The molecule has 0 aromatic heterocycles. The molecule has 2 aliphatic heterocycles. The zero-order valence-corrected chi connectivity index (χ0v) is 43.7. The normalized spacial score (nSPS) is 15.7. The van der Waals surface area contributed by atoms with Gasteiger partial charge in [-0.15, -0.1) is 0 Å². The smallest absolute Gasteiger partial charge is 0.408 e. The van der Waals surface area contributed by atoms with Crippen LogP contribution in [0.4, 0.5) is 18.8 Å². The number of carbonyl (C=O) groups is 5. The molecule has 2 fully saturated rings. The molecular weight excluding hydrogens is 949 g/mol. The van der Waals surface area contributed by atoms with Crippen LogP contribution in [0.3, 0.4) is 0 Å². The molecular formula is C53H75ClFN7O10. The summed E-state index contributed by atoms with van der Waals surface area (Å²) in [4.78, 5) is 72.0. The maximum Gasteiger partial charge on any atom is 0.408 e. The SMILES string of the molecule is CCOc1cccc(F)c1CN1CCN(C(=O)[C@H](NC(=O)OCc2ccccc2)C2CCN(CCc3cc(Cl)ccc3OCCNC(=O)[C@H](CCCNC(=O)OC(C)(C)C)NC(=O)OC(C)(C)C)CC2)CC1. The zero-order valence-electron chi connectivity index (χ0n) is 43.0. The fourth-order valence-corrected chi connectivity index (χ4v) is 8.66. The van der Waals surface area contributed by atoms with Gasteiger partial charge in [0.05, 0.1) is 13.2 Å². The molecule has 0 bridgehead atoms. The van der Waals surface area contributed by atoms with Gasteiger partial charge in [0, 0.05) is 56.4 Å². The van der Waals surface area contributed by atoms with Crippen LogP contribution in [0.2, 0.25) is 5.02 Å². The van der Waals surface area contributed by atoms with Crippen LogP contribution in [0, 0.1) is 11.7 Å². The molecule has 0 spiro atoms. The lowest BCUT2D eigenvalue weighted by Crippen LogP contribution is -2.58. The third-order valence-corrected chi connectivity index (χ3v) is 12.3. The molecule has 72 heavy (non-hydrogen) atoms. The highest BCUT2D eigenvalue weighted by Crippen LogP contribution is 2.28. The third-order valence-electron chi connectivity index (χ3n) is 12.0. The van der Waals surface area contributed by atoms with E-state index in [1.807, 2.05) is 43.3 Å². The summed E-state index contributed by atoms with van der Waals surface area (Å²) in [6, 6.07) is 17.9. The lowest BCUT2D eigenvalue weighted by molar-refractivity contribution is -0.137. The van der Waals surface area contributed by atoms with Crippen LogP contribution in [-0.2, 0) is 43.4 Å². The van der Waals surface area contributed by atoms with Crippen LogP contribution >= 0.6 is 11.6 Å². The Kier molecular flexibility index (Phi) is 22.1. The highest BCUT2D eigenvalue weighted by atomic mass is 35.5. The van der Waals surface area contributed by atoms with Crippen molar-refractivity contribution in [2.75, 3.05) is 72.1 Å². The van der Waals surface area contributed by atoms with Gasteiger partial charge in [-0.2, -0.15) is 0 Å². The average molecular weight is 1020 g/mol. The molecule has 3 aromatic rings. The number of benzene rings is 3. The fourth-order valence-electron chi connectivity index (χ4n) is 8.46. The second-order valence-corrected chi connectivity index (χ2v) is 20.5. The van der Waals surface area contributed by atoms with Gasteiger partial charge in [-0.25, -0.2) is 18.8 Å².